The smallest absolute Gasteiger partial charge is 0.326 e. The summed E-state index contributed by atoms with van der Waals surface area (Å²) in [6.45, 7) is 7.14. The minimum absolute atomic E-state index is 0.219. The lowest BCUT2D eigenvalue weighted by Crippen LogP contribution is -2.49. The van der Waals surface area contributed by atoms with Crippen molar-refractivity contribution < 1.29 is 19.8 Å². The van der Waals surface area contributed by atoms with Crippen LogP contribution in [0.4, 0.5) is 5.69 Å². The average Bonchev–Trinajstić information content (AvgIpc) is 2.78. The molecular formula is C25H31N3O4. The van der Waals surface area contributed by atoms with Crippen LogP contribution in [0.3, 0.4) is 0 Å². The Morgan fingerprint density at radius 1 is 1.00 bits per heavy atom. The molecule has 0 saturated carbocycles. The van der Waals surface area contributed by atoms with Gasteiger partial charge in [0.15, 0.2) is 0 Å². The topological polar surface area (TPSA) is 93.1 Å². The summed E-state index contributed by atoms with van der Waals surface area (Å²) < 4.78 is 0. The monoisotopic (exact) mass is 437 g/mol. The zero-order valence-electron chi connectivity index (χ0n) is 18.6. The summed E-state index contributed by atoms with van der Waals surface area (Å²) in [5, 5.41) is 21.7. The number of phenols is 1. The molecule has 0 aromatic heterocycles. The van der Waals surface area contributed by atoms with Crippen molar-refractivity contribution in [3.8, 4) is 5.75 Å². The lowest BCUT2D eigenvalue weighted by molar-refractivity contribution is -0.142. The predicted molar refractivity (Wildman–Crippen MR) is 126 cm³/mol. The van der Waals surface area contributed by atoms with E-state index in [2.05, 4.69) is 15.1 Å². The van der Waals surface area contributed by atoms with Gasteiger partial charge in [0.2, 0.25) is 5.91 Å². The lowest BCUT2D eigenvalue weighted by Gasteiger charge is -2.36. The molecule has 1 unspecified atom stereocenters. The first-order valence-corrected chi connectivity index (χ1v) is 10.9. The van der Waals surface area contributed by atoms with E-state index in [4.69, 9.17) is 0 Å². The van der Waals surface area contributed by atoms with Gasteiger partial charge in [-0.05, 0) is 41.8 Å². The second-order valence-electron chi connectivity index (χ2n) is 8.39. The van der Waals surface area contributed by atoms with Crippen LogP contribution < -0.4 is 10.2 Å². The highest BCUT2D eigenvalue weighted by atomic mass is 16.4. The molecule has 0 bridgehead atoms. The highest BCUT2D eigenvalue weighted by Crippen LogP contribution is 2.20. The molecule has 170 valence electrons. The number of benzene rings is 2. The van der Waals surface area contributed by atoms with Crippen LogP contribution >= 0.6 is 0 Å². The number of nitrogens with zero attached hydrogens (tertiary/aromatic N) is 2. The average molecular weight is 438 g/mol. The molecule has 1 fully saturated rings. The van der Waals surface area contributed by atoms with Crippen molar-refractivity contribution in [2.24, 2.45) is 5.92 Å². The second kappa shape index (κ2) is 10.8. The number of carboxylic acid groups (broad SMARTS) is 1. The Morgan fingerprint density at radius 2 is 1.62 bits per heavy atom. The maximum Gasteiger partial charge on any atom is 0.326 e. The number of anilines is 1. The van der Waals surface area contributed by atoms with E-state index < -0.39 is 12.0 Å². The summed E-state index contributed by atoms with van der Waals surface area (Å²) in [6, 6.07) is 15.8. The highest BCUT2D eigenvalue weighted by molar-refractivity contribution is 6.00. The van der Waals surface area contributed by atoms with Crippen LogP contribution in [0.2, 0.25) is 0 Å². The number of rotatable bonds is 8. The van der Waals surface area contributed by atoms with Gasteiger partial charge in [-0.1, -0.05) is 44.2 Å². The number of amides is 1. The van der Waals surface area contributed by atoms with Gasteiger partial charge < -0.3 is 20.4 Å². The summed E-state index contributed by atoms with van der Waals surface area (Å²) in [5.74, 6) is -1.36. The van der Waals surface area contributed by atoms with Crippen molar-refractivity contribution in [2.75, 3.05) is 37.6 Å². The number of aliphatic carboxylic acids is 1. The Morgan fingerprint density at radius 3 is 2.19 bits per heavy atom. The Balaban J connectivity index is 1.70. The number of carboxylic acids is 1. The zero-order valence-corrected chi connectivity index (χ0v) is 18.6. The molecule has 0 spiro atoms. The van der Waals surface area contributed by atoms with Crippen molar-refractivity contribution in [2.45, 2.75) is 19.9 Å². The Labute approximate surface area is 189 Å². The molecule has 1 atom stereocenters. The molecule has 0 aliphatic carbocycles. The van der Waals surface area contributed by atoms with Gasteiger partial charge in [0.1, 0.15) is 11.8 Å². The van der Waals surface area contributed by atoms with Crippen molar-refractivity contribution >= 4 is 23.6 Å². The number of nitrogens with one attached hydrogen (secondary N) is 1. The van der Waals surface area contributed by atoms with Crippen LogP contribution in [-0.4, -0.2) is 65.8 Å². The van der Waals surface area contributed by atoms with Gasteiger partial charge in [-0.3, -0.25) is 9.69 Å². The number of piperazine rings is 1. The molecule has 0 radical (unpaired) electrons. The molecule has 1 heterocycles. The number of phenolic OH excluding ortho intramolecular Hbond substituents is 1. The van der Waals surface area contributed by atoms with E-state index >= 15 is 0 Å². The first kappa shape index (κ1) is 23.3. The normalized spacial score (nSPS) is 16.1. The minimum atomic E-state index is -1.03. The number of carbonyl (C=O) groups is 2. The molecule has 32 heavy (non-hydrogen) atoms. The largest absolute Gasteiger partial charge is 0.508 e. The van der Waals surface area contributed by atoms with E-state index in [-0.39, 0.29) is 17.6 Å². The van der Waals surface area contributed by atoms with Crippen LogP contribution in [0, 0.1) is 5.92 Å². The third-order valence-electron chi connectivity index (χ3n) is 5.63. The SMILES string of the molecule is CC(C)C(NC(=O)/C(=C/c1ccccc1)CN1CCN(c2ccc(O)cc2)CC1)C(=O)O. The van der Waals surface area contributed by atoms with Gasteiger partial charge >= 0.3 is 5.97 Å². The van der Waals surface area contributed by atoms with Crippen LogP contribution in [0.5, 0.6) is 5.75 Å². The van der Waals surface area contributed by atoms with Crippen molar-refractivity contribution in [1.82, 2.24) is 10.2 Å². The van der Waals surface area contributed by atoms with Crippen LogP contribution in [0.15, 0.2) is 60.2 Å². The molecule has 1 aliphatic rings. The number of aromatic hydroxyl groups is 1. The minimum Gasteiger partial charge on any atom is -0.508 e. The predicted octanol–water partition coefficient (Wildman–Crippen LogP) is 2.82. The van der Waals surface area contributed by atoms with E-state index in [1.165, 1.54) is 0 Å². The van der Waals surface area contributed by atoms with E-state index in [0.29, 0.717) is 12.1 Å². The molecule has 3 rings (SSSR count). The fourth-order valence-electron chi connectivity index (χ4n) is 3.75. The third kappa shape index (κ3) is 6.34. The molecule has 2 aromatic rings. The standard InChI is InChI=1S/C25H31N3O4/c1-18(2)23(25(31)32)26-24(30)20(16-19-6-4-3-5-7-19)17-27-12-14-28(15-13-27)21-8-10-22(29)11-9-21/h3-11,16,18,23,29H,12-15,17H2,1-2H3,(H,26,30)(H,31,32)/b20-16+. The van der Waals surface area contributed by atoms with Crippen molar-refractivity contribution in [3.63, 3.8) is 0 Å². The third-order valence-corrected chi connectivity index (χ3v) is 5.63. The quantitative estimate of drug-likeness (QED) is 0.550. The maximum atomic E-state index is 13.1. The molecule has 7 heteroatoms. The van der Waals surface area contributed by atoms with Crippen LogP contribution in [0.1, 0.15) is 19.4 Å². The van der Waals surface area contributed by atoms with E-state index in [1.54, 1.807) is 26.0 Å². The van der Waals surface area contributed by atoms with E-state index in [1.807, 2.05) is 48.5 Å². The Hall–Kier alpha value is -3.32. The molecular weight excluding hydrogens is 406 g/mol. The Kier molecular flexibility index (Phi) is 7.89. The second-order valence-corrected chi connectivity index (χ2v) is 8.39. The van der Waals surface area contributed by atoms with E-state index in [0.717, 1.165) is 37.4 Å². The molecule has 3 N–H and O–H groups in total. The summed E-state index contributed by atoms with van der Waals surface area (Å²) in [4.78, 5) is 29.1. The zero-order chi connectivity index (χ0) is 23.1. The highest BCUT2D eigenvalue weighted by Gasteiger charge is 2.26. The van der Waals surface area contributed by atoms with Gasteiger partial charge in [0, 0.05) is 44.0 Å². The molecule has 1 amide bonds. The van der Waals surface area contributed by atoms with Crippen molar-refractivity contribution in [1.29, 1.82) is 0 Å². The number of hydrogen-bond donors (Lipinski definition) is 3. The maximum absolute atomic E-state index is 13.1. The van der Waals surface area contributed by atoms with Gasteiger partial charge in [0.25, 0.3) is 0 Å². The summed E-state index contributed by atoms with van der Waals surface area (Å²) in [5.41, 5.74) is 2.50. The molecule has 7 nitrogen and oxygen atoms in total. The summed E-state index contributed by atoms with van der Waals surface area (Å²) >= 11 is 0. The fourth-order valence-corrected chi connectivity index (χ4v) is 3.75. The van der Waals surface area contributed by atoms with E-state index in [9.17, 15) is 19.8 Å². The summed E-state index contributed by atoms with van der Waals surface area (Å²) in [6.07, 6.45) is 1.83. The van der Waals surface area contributed by atoms with Gasteiger partial charge in [-0.15, -0.1) is 0 Å². The lowest BCUT2D eigenvalue weighted by atomic mass is 10.0. The molecule has 1 saturated heterocycles. The first-order chi connectivity index (χ1) is 15.3. The first-order valence-electron chi connectivity index (χ1n) is 10.9. The number of carbonyl (C=O) groups excluding carboxylic acids is 1. The van der Waals surface area contributed by atoms with Gasteiger partial charge in [0.05, 0.1) is 0 Å². The van der Waals surface area contributed by atoms with Crippen LogP contribution in [0.25, 0.3) is 6.08 Å². The van der Waals surface area contributed by atoms with Crippen molar-refractivity contribution in [3.05, 3.63) is 65.7 Å². The number of hydrogen-bond acceptors (Lipinski definition) is 5. The Bertz CT molecular complexity index is 933. The summed E-state index contributed by atoms with van der Waals surface area (Å²) in [7, 11) is 0. The molecule has 1 aliphatic heterocycles. The van der Waals surface area contributed by atoms with Crippen LogP contribution in [-0.2, 0) is 9.59 Å². The van der Waals surface area contributed by atoms with Gasteiger partial charge in [-0.2, -0.15) is 0 Å². The molecule has 2 aromatic carbocycles. The van der Waals surface area contributed by atoms with Gasteiger partial charge in [-0.25, -0.2) is 4.79 Å². The fraction of sp³-hybridized carbons (Fsp3) is 0.360.